The summed E-state index contributed by atoms with van der Waals surface area (Å²) in [6.07, 6.45) is 1.16. The molecule has 242 valence electrons. The van der Waals surface area contributed by atoms with Crippen LogP contribution in [0.15, 0.2) is 60.8 Å². The van der Waals surface area contributed by atoms with Crippen LogP contribution in [0.3, 0.4) is 0 Å². The van der Waals surface area contributed by atoms with E-state index in [4.69, 9.17) is 0 Å². The topological polar surface area (TPSA) is 85.2 Å². The maximum absolute atomic E-state index is 13.5. The smallest absolute Gasteiger partial charge is 0.181 e. The lowest BCUT2D eigenvalue weighted by Crippen LogP contribution is -2.21. The van der Waals surface area contributed by atoms with E-state index in [2.05, 4.69) is 119 Å². The molecule has 0 amide bonds. The number of carbonyl (C=O) groups is 1. The Morgan fingerprint density at radius 2 is 1.26 bits per heavy atom. The van der Waals surface area contributed by atoms with Crippen LogP contribution in [0.4, 0.5) is 13.2 Å². The highest BCUT2D eigenvalue weighted by molar-refractivity contribution is 14.1. The summed E-state index contributed by atoms with van der Waals surface area (Å²) in [5, 5.41) is 0. The minimum atomic E-state index is -1.42. The second-order valence-corrected chi connectivity index (χ2v) is 14.0. The Bertz CT molecular complexity index is 1260. The molecule has 3 rings (SSSR count). The van der Waals surface area contributed by atoms with Crippen molar-refractivity contribution in [3.05, 3.63) is 85.2 Å². The van der Waals surface area contributed by atoms with Gasteiger partial charge >= 0.3 is 0 Å². The van der Waals surface area contributed by atoms with Crippen LogP contribution >= 0.6 is 93.0 Å². The second kappa shape index (κ2) is 26.8. The summed E-state index contributed by atoms with van der Waals surface area (Å²) < 4.78 is 56.4. The van der Waals surface area contributed by atoms with Gasteiger partial charge in [0.05, 0.1) is 16.7 Å². The molecule has 0 fully saturated rings. The molecule has 0 aliphatic heterocycles. The third-order valence-electron chi connectivity index (χ3n) is 3.74. The highest BCUT2D eigenvalue weighted by Crippen LogP contribution is 2.16. The van der Waals surface area contributed by atoms with Crippen molar-refractivity contribution in [2.24, 2.45) is 4.40 Å². The van der Waals surface area contributed by atoms with Gasteiger partial charge in [-0.1, -0.05) is 66.0 Å². The van der Waals surface area contributed by atoms with Crippen molar-refractivity contribution in [2.45, 2.75) is 60.1 Å². The Hall–Kier alpha value is -0.370. The largest absolute Gasteiger partial charge is 0.293 e. The molecule has 15 heteroatoms. The standard InChI is InChI=1S/C11H14BrFN2OS.C7H5BrFNO.C5H3BrFN.C2H5I.C2H6.CH3I/c1-7(15-17(16)11(2,3)4)10-8(13)5-6-9(12)14-10;1-4(11)7-5(9)2-3-6(8)10-7;6-5-2-1-4(7)3-8-5;1-2-3;2*1-2/h5-6H,1-4H3;2-3H,1H3;1-3H;2H2,1H3;1-2H3;1H3/t17-;;;;;/m1...../s1. The summed E-state index contributed by atoms with van der Waals surface area (Å²) in [6.45, 7) is 14.4. The SMILES string of the molecule is CC.CC(=N[S@](=O)C(C)(C)C)c1nc(Br)ccc1F.CC(=O)c1nc(Br)ccc1F.CCI.CI.Fc1ccc(Br)nc1. The van der Waals surface area contributed by atoms with Gasteiger partial charge in [-0.05, 0) is 121 Å². The number of aromatic nitrogens is 3. The molecule has 1 atom stereocenters. The third-order valence-corrected chi connectivity index (χ3v) is 6.58. The lowest BCUT2D eigenvalue weighted by Gasteiger charge is -2.14. The lowest BCUT2D eigenvalue weighted by molar-refractivity contribution is 0.100. The molecule has 0 radical (unpaired) electrons. The monoisotopic (exact) mass is 1040 g/mol. The Morgan fingerprint density at radius 3 is 1.58 bits per heavy atom. The molecule has 0 aromatic carbocycles. The van der Waals surface area contributed by atoms with Crippen molar-refractivity contribution < 1.29 is 22.2 Å². The molecule has 3 heterocycles. The maximum atomic E-state index is 13.5. The number of pyridine rings is 3. The van der Waals surface area contributed by atoms with Crippen molar-refractivity contribution in [2.75, 3.05) is 9.36 Å². The fraction of sp³-hybridized carbons (Fsp3) is 0.393. The van der Waals surface area contributed by atoms with E-state index in [1.54, 1.807) is 13.0 Å². The first-order valence-corrected chi connectivity index (χ1v) is 19.5. The first-order valence-electron chi connectivity index (χ1n) is 12.4. The van der Waals surface area contributed by atoms with Crippen LogP contribution in [0.2, 0.25) is 0 Å². The van der Waals surface area contributed by atoms with Gasteiger partial charge in [0.15, 0.2) is 17.4 Å². The van der Waals surface area contributed by atoms with Gasteiger partial charge in [-0.2, -0.15) is 4.40 Å². The van der Waals surface area contributed by atoms with Crippen LogP contribution in [0.25, 0.3) is 0 Å². The van der Waals surface area contributed by atoms with E-state index in [9.17, 15) is 22.2 Å². The van der Waals surface area contributed by atoms with Gasteiger partial charge in [0.1, 0.15) is 42.0 Å². The van der Waals surface area contributed by atoms with Crippen molar-refractivity contribution in [1.82, 2.24) is 15.0 Å². The zero-order valence-corrected chi connectivity index (χ0v) is 35.2. The normalized spacial score (nSPS) is 10.8. The van der Waals surface area contributed by atoms with Crippen LogP contribution in [-0.2, 0) is 11.0 Å². The molecule has 0 saturated heterocycles. The van der Waals surface area contributed by atoms with E-state index >= 15 is 0 Å². The predicted molar refractivity (Wildman–Crippen MR) is 202 cm³/mol. The van der Waals surface area contributed by atoms with Gasteiger partial charge in [-0.3, -0.25) is 4.79 Å². The number of Topliss-reactive ketones (excluding diaryl/α,β-unsaturated/α-hetero) is 1. The van der Waals surface area contributed by atoms with Crippen LogP contribution < -0.4 is 0 Å². The minimum absolute atomic E-state index is 0.122. The van der Waals surface area contributed by atoms with Crippen molar-refractivity contribution >= 4 is 115 Å². The highest BCUT2D eigenvalue weighted by atomic mass is 127. The number of carbonyl (C=O) groups excluding carboxylic acids is 1. The average Bonchev–Trinajstić information content (AvgIpc) is 2.95. The number of rotatable bonds is 3. The van der Waals surface area contributed by atoms with Crippen LogP contribution in [0, 0.1) is 17.5 Å². The minimum Gasteiger partial charge on any atom is -0.293 e. The number of hydrogen-bond acceptors (Lipinski definition) is 5. The quantitative estimate of drug-likeness (QED) is 0.0858. The second-order valence-electron chi connectivity index (χ2n) is 8.09. The molecule has 6 nitrogen and oxygen atoms in total. The molecule has 0 saturated carbocycles. The van der Waals surface area contributed by atoms with Crippen LogP contribution in [0.5, 0.6) is 0 Å². The van der Waals surface area contributed by atoms with Crippen molar-refractivity contribution in [3.63, 3.8) is 0 Å². The molecule has 0 aliphatic rings. The van der Waals surface area contributed by atoms with Gasteiger partial charge in [0.25, 0.3) is 0 Å². The van der Waals surface area contributed by atoms with Crippen molar-refractivity contribution in [3.8, 4) is 0 Å². The zero-order valence-electron chi connectivity index (χ0n) is 25.3. The molecule has 43 heavy (non-hydrogen) atoms. The van der Waals surface area contributed by atoms with Crippen LogP contribution in [0.1, 0.15) is 71.6 Å². The summed E-state index contributed by atoms with van der Waals surface area (Å²) >= 11 is 13.7. The Balaban J connectivity index is -0.000000530. The zero-order chi connectivity index (χ0) is 34.3. The summed E-state index contributed by atoms with van der Waals surface area (Å²) in [6, 6.07) is 8.35. The predicted octanol–water partition coefficient (Wildman–Crippen LogP) is 10.9. The van der Waals surface area contributed by atoms with Gasteiger partial charge in [-0.15, -0.1) is 0 Å². The van der Waals surface area contributed by atoms with Crippen LogP contribution in [-0.4, -0.2) is 44.8 Å². The molecular formula is C28H36Br3F3I2N4O2S. The van der Waals surface area contributed by atoms with E-state index in [0.717, 1.165) is 6.20 Å². The van der Waals surface area contributed by atoms with E-state index < -0.39 is 27.4 Å². The van der Waals surface area contributed by atoms with E-state index in [-0.39, 0.29) is 23.0 Å². The first-order chi connectivity index (χ1) is 20.0. The first kappa shape index (κ1) is 47.0. The molecule has 3 aromatic heterocycles. The fourth-order valence-corrected chi connectivity index (χ4v) is 3.46. The summed E-state index contributed by atoms with van der Waals surface area (Å²) in [5.74, 6) is -1.74. The Kier molecular flexibility index (Phi) is 29.3. The number of alkyl halides is 2. The van der Waals surface area contributed by atoms with Gasteiger partial charge < -0.3 is 0 Å². The number of hydrogen-bond donors (Lipinski definition) is 0. The lowest BCUT2D eigenvalue weighted by atomic mass is 10.2. The van der Waals surface area contributed by atoms with E-state index in [1.807, 2.05) is 39.5 Å². The van der Waals surface area contributed by atoms with E-state index in [1.165, 1.54) is 41.7 Å². The number of ketones is 1. The Labute approximate surface area is 308 Å². The highest BCUT2D eigenvalue weighted by Gasteiger charge is 2.20. The van der Waals surface area contributed by atoms with Gasteiger partial charge in [0, 0.05) is 6.92 Å². The van der Waals surface area contributed by atoms with E-state index in [0.29, 0.717) is 19.5 Å². The molecule has 0 unspecified atom stereocenters. The molecular weight excluding hydrogens is 1010 g/mol. The summed E-state index contributed by atoms with van der Waals surface area (Å²) in [7, 11) is -1.42. The fourth-order valence-electron chi connectivity index (χ4n) is 2.00. The molecule has 0 bridgehead atoms. The molecule has 0 N–H and O–H groups in total. The average molecular weight is 1040 g/mol. The summed E-state index contributed by atoms with van der Waals surface area (Å²) in [5.41, 5.74) is 0.327. The molecule has 0 spiro atoms. The maximum Gasteiger partial charge on any atom is 0.181 e. The number of halogens is 8. The van der Waals surface area contributed by atoms with Crippen molar-refractivity contribution in [1.29, 1.82) is 0 Å². The molecule has 0 aliphatic carbocycles. The third kappa shape index (κ3) is 22.7. The Morgan fingerprint density at radius 1 is 0.860 bits per heavy atom. The number of nitrogens with zero attached hydrogens (tertiary/aromatic N) is 4. The van der Waals surface area contributed by atoms with Gasteiger partial charge in [0.2, 0.25) is 0 Å². The van der Waals surface area contributed by atoms with Gasteiger partial charge in [-0.25, -0.2) is 32.3 Å². The molecule has 3 aromatic rings. The summed E-state index contributed by atoms with van der Waals surface area (Å²) in [4.78, 5) is 23.9.